The van der Waals surface area contributed by atoms with E-state index in [9.17, 15) is 18.8 Å². The Balaban J connectivity index is 1.27. The summed E-state index contributed by atoms with van der Waals surface area (Å²) in [7, 11) is 0. The quantitative estimate of drug-likeness (QED) is 0.528. The van der Waals surface area contributed by atoms with E-state index < -0.39 is 11.8 Å². The van der Waals surface area contributed by atoms with Crippen molar-refractivity contribution in [3.63, 3.8) is 0 Å². The summed E-state index contributed by atoms with van der Waals surface area (Å²) >= 11 is 0. The first-order valence-electron chi connectivity index (χ1n) is 12.1. The number of aromatic nitrogens is 1. The Hall–Kier alpha value is -4.07. The number of carbonyl (C=O) groups excluding carboxylic acids is 3. The Labute approximate surface area is 208 Å². The van der Waals surface area contributed by atoms with E-state index in [4.69, 9.17) is 0 Å². The second-order valence-corrected chi connectivity index (χ2v) is 9.62. The summed E-state index contributed by atoms with van der Waals surface area (Å²) in [6.45, 7) is 0.859. The highest BCUT2D eigenvalue weighted by molar-refractivity contribution is 6.39. The number of nitrogens with one attached hydrogen (secondary N) is 2. The zero-order valence-corrected chi connectivity index (χ0v) is 19.7. The maximum absolute atomic E-state index is 13.5. The summed E-state index contributed by atoms with van der Waals surface area (Å²) in [6.07, 6.45) is 6.59. The first kappa shape index (κ1) is 23.7. The molecule has 5 rings (SSSR count). The van der Waals surface area contributed by atoms with Gasteiger partial charge in [-0.05, 0) is 60.4 Å². The van der Waals surface area contributed by atoms with Gasteiger partial charge < -0.3 is 15.5 Å². The van der Waals surface area contributed by atoms with Crippen molar-refractivity contribution in [2.45, 2.75) is 38.3 Å². The molecular formula is C28H27FN4O3. The summed E-state index contributed by atoms with van der Waals surface area (Å²) < 4.78 is 13.5. The highest BCUT2D eigenvalue weighted by Crippen LogP contribution is 2.55. The molecule has 1 aliphatic heterocycles. The van der Waals surface area contributed by atoms with Crippen LogP contribution in [0, 0.1) is 11.2 Å². The Morgan fingerprint density at radius 1 is 1.00 bits per heavy atom. The van der Waals surface area contributed by atoms with Crippen LogP contribution in [-0.2, 0) is 16.1 Å². The number of hydrogen-bond donors (Lipinski definition) is 2. The minimum Gasteiger partial charge on any atom is -0.348 e. The van der Waals surface area contributed by atoms with Crippen LogP contribution in [0.15, 0.2) is 73.1 Å². The minimum atomic E-state index is -0.788. The van der Waals surface area contributed by atoms with Gasteiger partial charge in [-0.25, -0.2) is 4.39 Å². The van der Waals surface area contributed by atoms with Crippen molar-refractivity contribution in [3.05, 3.63) is 95.6 Å². The topological polar surface area (TPSA) is 91.4 Å². The van der Waals surface area contributed by atoms with E-state index in [1.165, 1.54) is 30.6 Å². The predicted octanol–water partition coefficient (Wildman–Crippen LogP) is 4.23. The van der Waals surface area contributed by atoms with Crippen molar-refractivity contribution in [1.82, 2.24) is 15.2 Å². The van der Waals surface area contributed by atoms with Crippen LogP contribution in [0.5, 0.6) is 0 Å². The van der Waals surface area contributed by atoms with Crippen molar-refractivity contribution in [1.29, 1.82) is 0 Å². The number of nitrogens with zero attached hydrogens (tertiary/aromatic N) is 2. The number of halogens is 1. The van der Waals surface area contributed by atoms with Crippen LogP contribution in [0.1, 0.15) is 53.2 Å². The van der Waals surface area contributed by atoms with E-state index in [2.05, 4.69) is 15.6 Å². The molecule has 2 fully saturated rings. The molecule has 184 valence electrons. The summed E-state index contributed by atoms with van der Waals surface area (Å²) in [5, 5.41) is 5.42. The van der Waals surface area contributed by atoms with Gasteiger partial charge in [0.2, 0.25) is 0 Å². The second kappa shape index (κ2) is 9.89. The monoisotopic (exact) mass is 486 g/mol. The van der Waals surface area contributed by atoms with Crippen molar-refractivity contribution in [3.8, 4) is 0 Å². The van der Waals surface area contributed by atoms with Gasteiger partial charge in [0.25, 0.3) is 5.91 Å². The fourth-order valence-corrected chi connectivity index (χ4v) is 4.81. The summed E-state index contributed by atoms with van der Waals surface area (Å²) in [5.41, 5.74) is 2.39. The molecule has 1 saturated heterocycles. The second-order valence-electron chi connectivity index (χ2n) is 9.62. The number of rotatable bonds is 5. The first-order valence-corrected chi connectivity index (χ1v) is 12.1. The third kappa shape index (κ3) is 5.27. The molecular weight excluding hydrogens is 459 g/mol. The smallest absolute Gasteiger partial charge is 0.313 e. The summed E-state index contributed by atoms with van der Waals surface area (Å²) in [5.74, 6) is -2.11. The average molecular weight is 487 g/mol. The molecule has 0 radical (unpaired) electrons. The lowest BCUT2D eigenvalue weighted by Crippen LogP contribution is -2.47. The van der Waals surface area contributed by atoms with Crippen LogP contribution in [0.25, 0.3) is 0 Å². The maximum Gasteiger partial charge on any atom is 0.313 e. The molecule has 2 aromatic carbocycles. The standard InChI is InChI=1S/C28H27FN4O3/c29-22-8-6-20(7-9-22)24-10-11-28(12-13-28)18-33(24)27(36)26(35)32-23-14-21(16-30-17-23)25(34)31-15-19-4-2-1-3-5-19/h1-9,14,16-17,24H,10-13,15,18H2,(H,31,34)(H,32,35). The van der Waals surface area contributed by atoms with E-state index >= 15 is 0 Å². The molecule has 3 aromatic rings. The van der Waals surface area contributed by atoms with Crippen LogP contribution in [0.3, 0.4) is 0 Å². The lowest BCUT2D eigenvalue weighted by Gasteiger charge is -2.40. The van der Waals surface area contributed by atoms with Gasteiger partial charge in [-0.2, -0.15) is 0 Å². The lowest BCUT2D eigenvalue weighted by molar-refractivity contribution is -0.147. The number of piperidine rings is 1. The van der Waals surface area contributed by atoms with Gasteiger partial charge in [-0.15, -0.1) is 0 Å². The van der Waals surface area contributed by atoms with Crippen molar-refractivity contribution >= 4 is 23.4 Å². The van der Waals surface area contributed by atoms with E-state index in [0.29, 0.717) is 13.1 Å². The van der Waals surface area contributed by atoms with E-state index in [0.717, 1.165) is 36.8 Å². The highest BCUT2D eigenvalue weighted by Gasteiger charge is 2.50. The van der Waals surface area contributed by atoms with Gasteiger partial charge >= 0.3 is 11.8 Å². The molecule has 1 aliphatic carbocycles. The van der Waals surface area contributed by atoms with Crippen LogP contribution in [0.4, 0.5) is 10.1 Å². The Morgan fingerprint density at radius 2 is 1.75 bits per heavy atom. The summed E-state index contributed by atoms with van der Waals surface area (Å²) in [6, 6.07) is 16.8. The van der Waals surface area contributed by atoms with E-state index in [-0.39, 0.29) is 34.4 Å². The van der Waals surface area contributed by atoms with Gasteiger partial charge in [-0.3, -0.25) is 19.4 Å². The number of likely N-dealkylation sites (tertiary alicyclic amines) is 1. The zero-order chi connectivity index (χ0) is 25.1. The van der Waals surface area contributed by atoms with Crippen molar-refractivity contribution in [2.24, 2.45) is 5.41 Å². The van der Waals surface area contributed by atoms with Crippen LogP contribution >= 0.6 is 0 Å². The molecule has 0 bridgehead atoms. The molecule has 3 amide bonds. The predicted molar refractivity (Wildman–Crippen MR) is 132 cm³/mol. The number of carbonyl (C=O) groups is 3. The van der Waals surface area contributed by atoms with Crippen molar-refractivity contribution < 1.29 is 18.8 Å². The number of anilines is 1. The number of hydrogen-bond acceptors (Lipinski definition) is 4. The van der Waals surface area contributed by atoms with Crippen LogP contribution < -0.4 is 10.6 Å². The summed E-state index contributed by atoms with van der Waals surface area (Å²) in [4.78, 5) is 44.5. The molecule has 1 unspecified atom stereocenters. The normalized spacial score (nSPS) is 17.9. The molecule has 2 N–H and O–H groups in total. The van der Waals surface area contributed by atoms with Crippen LogP contribution in [0.2, 0.25) is 0 Å². The SMILES string of the molecule is O=C(Nc1cncc(C(=O)NCc2ccccc2)c1)C(=O)N1CC2(CCC1c1ccc(F)cc1)CC2. The molecule has 1 spiro atoms. The lowest BCUT2D eigenvalue weighted by atomic mass is 9.86. The number of pyridine rings is 1. The van der Waals surface area contributed by atoms with Gasteiger partial charge in [0, 0.05) is 19.3 Å². The molecule has 1 aromatic heterocycles. The van der Waals surface area contributed by atoms with Crippen LogP contribution in [-0.4, -0.2) is 34.2 Å². The Bertz CT molecular complexity index is 1280. The molecule has 36 heavy (non-hydrogen) atoms. The maximum atomic E-state index is 13.5. The van der Waals surface area contributed by atoms with Gasteiger partial charge in [0.15, 0.2) is 0 Å². The third-order valence-corrected chi connectivity index (χ3v) is 7.05. The fraction of sp³-hybridized carbons (Fsp3) is 0.286. The largest absolute Gasteiger partial charge is 0.348 e. The van der Waals surface area contributed by atoms with Gasteiger partial charge in [-0.1, -0.05) is 42.5 Å². The molecule has 1 saturated carbocycles. The molecule has 7 nitrogen and oxygen atoms in total. The van der Waals surface area contributed by atoms with Gasteiger partial charge in [0.1, 0.15) is 5.82 Å². The Kier molecular flexibility index (Phi) is 6.50. The Morgan fingerprint density at radius 3 is 2.47 bits per heavy atom. The van der Waals surface area contributed by atoms with Crippen molar-refractivity contribution in [2.75, 3.05) is 11.9 Å². The molecule has 1 atom stereocenters. The molecule has 2 aliphatic rings. The fourth-order valence-electron chi connectivity index (χ4n) is 4.81. The van der Waals surface area contributed by atoms with Gasteiger partial charge in [0.05, 0.1) is 23.5 Å². The zero-order valence-electron chi connectivity index (χ0n) is 19.7. The first-order chi connectivity index (χ1) is 17.4. The molecule has 8 heteroatoms. The third-order valence-electron chi connectivity index (χ3n) is 7.05. The molecule has 2 heterocycles. The van der Waals surface area contributed by atoms with E-state index in [1.54, 1.807) is 17.0 Å². The number of benzene rings is 2. The number of amides is 3. The van der Waals surface area contributed by atoms with E-state index in [1.807, 2.05) is 30.3 Å². The minimum absolute atomic E-state index is 0.0881. The average Bonchev–Trinajstić information content (AvgIpc) is 3.66. The highest BCUT2D eigenvalue weighted by atomic mass is 19.1.